The zero-order chi connectivity index (χ0) is 22.1. The van der Waals surface area contributed by atoms with Crippen molar-refractivity contribution in [1.29, 1.82) is 0 Å². The molecule has 0 aliphatic heterocycles. The van der Waals surface area contributed by atoms with Crippen molar-refractivity contribution < 1.29 is 33.0 Å². The van der Waals surface area contributed by atoms with Gasteiger partial charge in [0, 0.05) is 6.42 Å². The van der Waals surface area contributed by atoms with Crippen molar-refractivity contribution in [3.05, 3.63) is 69.6 Å². The lowest BCUT2D eigenvalue weighted by Crippen LogP contribution is -2.28. The number of fused-ring (bicyclic) bond motifs is 1. The van der Waals surface area contributed by atoms with Crippen LogP contribution in [0.1, 0.15) is 34.5 Å². The summed E-state index contributed by atoms with van der Waals surface area (Å²) in [7, 11) is 0. The Kier molecular flexibility index (Phi) is 5.59. The van der Waals surface area contributed by atoms with Crippen LogP contribution in [0.4, 0.5) is 13.2 Å². The predicted molar refractivity (Wildman–Crippen MR) is 99.4 cm³/mol. The van der Waals surface area contributed by atoms with Gasteiger partial charge in [-0.2, -0.15) is 13.2 Å². The molecular weight excluding hydrogens is 405 g/mol. The predicted octanol–water partition coefficient (Wildman–Crippen LogP) is 3.22. The minimum atomic E-state index is -4.78. The molecule has 0 spiro atoms. The number of benzene rings is 1. The van der Waals surface area contributed by atoms with Crippen molar-refractivity contribution in [2.75, 3.05) is 0 Å². The van der Waals surface area contributed by atoms with Gasteiger partial charge in [-0.1, -0.05) is 30.3 Å². The van der Waals surface area contributed by atoms with Crippen LogP contribution < -0.4 is 5.56 Å². The number of Topliss-reactive ketones (excluding diaryl/α,β-unsaturated/α-hetero) is 1. The highest BCUT2D eigenvalue weighted by atomic mass is 19.4. The first-order valence-corrected chi connectivity index (χ1v) is 8.72. The van der Waals surface area contributed by atoms with Gasteiger partial charge in [0.2, 0.25) is 0 Å². The van der Waals surface area contributed by atoms with E-state index in [4.69, 9.17) is 5.11 Å². The third-order valence-corrected chi connectivity index (χ3v) is 4.40. The van der Waals surface area contributed by atoms with Crippen LogP contribution in [0.2, 0.25) is 0 Å². The van der Waals surface area contributed by atoms with Gasteiger partial charge in [-0.05, 0) is 17.7 Å². The standard InChI is InChI=1S/C20H15F3N2O5/c21-20(22,23)14-8-6-12-17(29)16(13(26)7-9-15(27)28)19(30)25(18(12)24-14)10-11-4-2-1-3-5-11/h1-6,8,29H,7,9-10H2,(H,27,28). The minimum Gasteiger partial charge on any atom is -0.506 e. The molecule has 7 nitrogen and oxygen atoms in total. The Morgan fingerprint density at radius 3 is 2.30 bits per heavy atom. The van der Waals surface area contributed by atoms with Gasteiger partial charge in [-0.15, -0.1) is 0 Å². The summed E-state index contributed by atoms with van der Waals surface area (Å²) in [6.07, 6.45) is -5.91. The number of carbonyl (C=O) groups excluding carboxylic acids is 1. The number of carboxylic acids is 1. The summed E-state index contributed by atoms with van der Waals surface area (Å²) in [4.78, 5) is 39.7. The van der Waals surface area contributed by atoms with Gasteiger partial charge in [-0.3, -0.25) is 19.0 Å². The molecule has 0 aliphatic carbocycles. The number of ketones is 1. The molecule has 3 rings (SSSR count). The number of nitrogens with zero attached hydrogens (tertiary/aromatic N) is 2. The van der Waals surface area contributed by atoms with Crippen LogP contribution in [0, 0.1) is 0 Å². The number of hydrogen-bond acceptors (Lipinski definition) is 5. The van der Waals surface area contributed by atoms with Gasteiger partial charge in [0.05, 0.1) is 18.4 Å². The van der Waals surface area contributed by atoms with E-state index in [2.05, 4.69) is 4.98 Å². The van der Waals surface area contributed by atoms with Crippen molar-refractivity contribution in [2.45, 2.75) is 25.6 Å². The smallest absolute Gasteiger partial charge is 0.433 e. The molecule has 0 bridgehead atoms. The van der Waals surface area contributed by atoms with Gasteiger partial charge < -0.3 is 10.2 Å². The molecule has 0 amide bonds. The average molecular weight is 420 g/mol. The van der Waals surface area contributed by atoms with Crippen LogP contribution >= 0.6 is 0 Å². The van der Waals surface area contributed by atoms with Crippen LogP contribution in [0.25, 0.3) is 11.0 Å². The third kappa shape index (κ3) is 4.17. The highest BCUT2D eigenvalue weighted by Gasteiger charge is 2.33. The van der Waals surface area contributed by atoms with Gasteiger partial charge in [0.1, 0.15) is 22.7 Å². The van der Waals surface area contributed by atoms with Crippen LogP contribution in [-0.4, -0.2) is 31.5 Å². The maximum absolute atomic E-state index is 13.1. The fraction of sp³-hybridized carbons (Fsp3) is 0.200. The minimum absolute atomic E-state index is 0.204. The molecule has 0 saturated heterocycles. The number of pyridine rings is 2. The number of aromatic hydroxyl groups is 1. The molecule has 2 N–H and O–H groups in total. The number of rotatable bonds is 6. The normalized spacial score (nSPS) is 11.6. The van der Waals surface area contributed by atoms with E-state index in [-0.39, 0.29) is 11.9 Å². The Hall–Kier alpha value is -3.69. The Morgan fingerprint density at radius 1 is 1.03 bits per heavy atom. The maximum Gasteiger partial charge on any atom is 0.433 e. The van der Waals surface area contributed by atoms with E-state index in [9.17, 15) is 32.7 Å². The Morgan fingerprint density at radius 2 is 1.70 bits per heavy atom. The van der Waals surface area contributed by atoms with Crippen molar-refractivity contribution in [1.82, 2.24) is 9.55 Å². The second-order valence-corrected chi connectivity index (χ2v) is 6.48. The molecule has 10 heteroatoms. The molecule has 156 valence electrons. The number of alkyl halides is 3. The van der Waals surface area contributed by atoms with Crippen molar-refractivity contribution in [2.24, 2.45) is 0 Å². The Bertz CT molecular complexity index is 1190. The zero-order valence-electron chi connectivity index (χ0n) is 15.3. The number of hydrogen-bond donors (Lipinski definition) is 2. The molecule has 0 aliphatic rings. The summed E-state index contributed by atoms with van der Waals surface area (Å²) in [6.45, 7) is -0.204. The Labute approximate surface area is 167 Å². The van der Waals surface area contributed by atoms with Crippen LogP contribution in [0.15, 0.2) is 47.3 Å². The molecule has 3 aromatic rings. The summed E-state index contributed by atoms with van der Waals surface area (Å²) >= 11 is 0. The first-order valence-electron chi connectivity index (χ1n) is 8.72. The maximum atomic E-state index is 13.1. The molecule has 0 fully saturated rings. The molecular formula is C20H15F3N2O5. The van der Waals surface area contributed by atoms with Gasteiger partial charge >= 0.3 is 12.1 Å². The molecule has 0 radical (unpaired) electrons. The van der Waals surface area contributed by atoms with E-state index >= 15 is 0 Å². The Balaban J connectivity index is 2.27. The lowest BCUT2D eigenvalue weighted by Gasteiger charge is -2.15. The highest BCUT2D eigenvalue weighted by molar-refractivity contribution is 6.03. The second kappa shape index (κ2) is 7.97. The molecule has 0 saturated carbocycles. The molecule has 2 aromatic heterocycles. The van der Waals surface area contributed by atoms with E-state index in [1.165, 1.54) is 0 Å². The molecule has 2 heterocycles. The van der Waals surface area contributed by atoms with E-state index < -0.39 is 59.0 Å². The summed E-state index contributed by atoms with van der Waals surface area (Å²) in [5, 5.41) is 19.0. The monoisotopic (exact) mass is 420 g/mol. The number of halogens is 3. The van der Waals surface area contributed by atoms with Gasteiger partial charge in [0.25, 0.3) is 5.56 Å². The first-order chi connectivity index (χ1) is 14.1. The summed E-state index contributed by atoms with van der Waals surface area (Å²) in [5.41, 5.74) is -2.88. The quantitative estimate of drug-likeness (QED) is 0.593. The van der Waals surface area contributed by atoms with Crippen molar-refractivity contribution >= 4 is 22.8 Å². The SMILES string of the molecule is O=C(O)CCC(=O)c1c(O)c2ccc(C(F)(F)F)nc2n(Cc2ccccc2)c1=O. The van der Waals surface area contributed by atoms with E-state index in [1.54, 1.807) is 30.3 Å². The summed E-state index contributed by atoms with van der Waals surface area (Å²) in [5.74, 6) is -3.02. The molecule has 30 heavy (non-hydrogen) atoms. The van der Waals surface area contributed by atoms with E-state index in [0.29, 0.717) is 11.6 Å². The van der Waals surface area contributed by atoms with Crippen molar-refractivity contribution in [3.63, 3.8) is 0 Å². The van der Waals surface area contributed by atoms with Crippen LogP contribution in [0.3, 0.4) is 0 Å². The summed E-state index contributed by atoms with van der Waals surface area (Å²) in [6, 6.07) is 9.85. The topological polar surface area (TPSA) is 109 Å². The van der Waals surface area contributed by atoms with Crippen LogP contribution in [-0.2, 0) is 17.5 Å². The van der Waals surface area contributed by atoms with Gasteiger partial charge in [0.15, 0.2) is 5.78 Å². The van der Waals surface area contributed by atoms with E-state index in [1.807, 2.05) is 0 Å². The lowest BCUT2D eigenvalue weighted by atomic mass is 10.0. The number of carboxylic acid groups (broad SMARTS) is 1. The first kappa shape index (κ1) is 21.0. The fourth-order valence-corrected chi connectivity index (χ4v) is 2.97. The third-order valence-electron chi connectivity index (χ3n) is 4.40. The van der Waals surface area contributed by atoms with E-state index in [0.717, 1.165) is 10.6 Å². The highest BCUT2D eigenvalue weighted by Crippen LogP contribution is 2.32. The summed E-state index contributed by atoms with van der Waals surface area (Å²) < 4.78 is 40.3. The lowest BCUT2D eigenvalue weighted by molar-refractivity contribution is -0.141. The number of aliphatic carboxylic acids is 1. The average Bonchev–Trinajstić information content (AvgIpc) is 2.69. The van der Waals surface area contributed by atoms with Gasteiger partial charge in [-0.25, -0.2) is 4.98 Å². The van der Waals surface area contributed by atoms with Crippen LogP contribution in [0.5, 0.6) is 5.75 Å². The van der Waals surface area contributed by atoms with Crippen molar-refractivity contribution in [3.8, 4) is 5.75 Å². The molecule has 0 atom stereocenters. The number of carbonyl (C=O) groups is 2. The molecule has 0 unspecified atom stereocenters. The second-order valence-electron chi connectivity index (χ2n) is 6.48. The fourth-order valence-electron chi connectivity index (χ4n) is 2.97. The number of aromatic nitrogens is 2. The largest absolute Gasteiger partial charge is 0.506 e. The molecule has 1 aromatic carbocycles. The zero-order valence-corrected chi connectivity index (χ0v) is 15.3.